The molecule has 7 nitrogen and oxygen atoms in total. The van der Waals surface area contributed by atoms with Gasteiger partial charge in [0, 0.05) is 26.2 Å². The Hall–Kier alpha value is -2.57. The van der Waals surface area contributed by atoms with Crippen molar-refractivity contribution in [3.05, 3.63) is 34.9 Å². The van der Waals surface area contributed by atoms with E-state index >= 15 is 0 Å². The molecule has 140 valence electrons. The Kier molecular flexibility index (Phi) is 5.15. The van der Waals surface area contributed by atoms with Gasteiger partial charge in [-0.3, -0.25) is 9.59 Å². The molecule has 7 heteroatoms. The van der Waals surface area contributed by atoms with Crippen molar-refractivity contribution in [1.29, 1.82) is 0 Å². The Labute approximate surface area is 153 Å². The first-order valence-electron chi connectivity index (χ1n) is 9.05. The van der Waals surface area contributed by atoms with E-state index < -0.39 is 12.1 Å². The van der Waals surface area contributed by atoms with Gasteiger partial charge in [0.1, 0.15) is 6.04 Å². The maximum Gasteiger partial charge on any atom is 0.315 e. The van der Waals surface area contributed by atoms with Crippen LogP contribution in [0.2, 0.25) is 0 Å². The van der Waals surface area contributed by atoms with E-state index in [4.69, 9.17) is 5.73 Å². The Balaban J connectivity index is 1.61. The molecule has 1 unspecified atom stereocenters. The predicted molar refractivity (Wildman–Crippen MR) is 97.2 cm³/mol. The van der Waals surface area contributed by atoms with Gasteiger partial charge in [-0.25, -0.2) is 4.79 Å². The van der Waals surface area contributed by atoms with E-state index in [1.54, 1.807) is 9.80 Å². The summed E-state index contributed by atoms with van der Waals surface area (Å²) >= 11 is 0. The van der Waals surface area contributed by atoms with Crippen LogP contribution < -0.4 is 5.73 Å². The Morgan fingerprint density at radius 1 is 1.15 bits per heavy atom. The lowest BCUT2D eigenvalue weighted by molar-refractivity contribution is -0.147. The van der Waals surface area contributed by atoms with Crippen LogP contribution in [0.5, 0.6) is 0 Å². The molecule has 0 aliphatic carbocycles. The fourth-order valence-electron chi connectivity index (χ4n) is 3.68. The number of nitrogens with two attached hydrogens (primary N) is 1. The van der Waals surface area contributed by atoms with Gasteiger partial charge in [0.25, 0.3) is 0 Å². The quantitative estimate of drug-likeness (QED) is 0.875. The number of benzene rings is 1. The number of rotatable bonds is 3. The Morgan fingerprint density at radius 2 is 1.92 bits per heavy atom. The van der Waals surface area contributed by atoms with E-state index in [0.717, 1.165) is 12.0 Å². The summed E-state index contributed by atoms with van der Waals surface area (Å²) in [6, 6.07) is 5.11. The maximum atomic E-state index is 12.7. The Morgan fingerprint density at radius 3 is 2.58 bits per heavy atom. The van der Waals surface area contributed by atoms with E-state index in [2.05, 4.69) is 26.0 Å². The monoisotopic (exact) mass is 358 g/mol. The molecule has 2 aliphatic rings. The first-order chi connectivity index (χ1) is 12.4. The number of primary amides is 1. The Bertz CT molecular complexity index is 733. The van der Waals surface area contributed by atoms with Gasteiger partial charge in [-0.1, -0.05) is 18.2 Å². The summed E-state index contributed by atoms with van der Waals surface area (Å²) in [4.78, 5) is 41.5. The third-order valence-electron chi connectivity index (χ3n) is 5.40. The van der Waals surface area contributed by atoms with E-state index in [1.807, 2.05) is 6.07 Å². The van der Waals surface area contributed by atoms with Crippen LogP contribution in [0, 0.1) is 13.8 Å². The average Bonchev–Trinajstić information content (AvgIpc) is 3.09. The average molecular weight is 358 g/mol. The standard InChI is InChI=1S/C19H26N4O3/c1-13-5-6-15(10-14(13)2)11-21-8-9-22(12-17(21)24)18(25)16-4-3-7-23(16)19(20)26/h5-6,10,16H,3-4,7-9,11-12H2,1-2H3,(H2,20,26). The lowest BCUT2D eigenvalue weighted by Gasteiger charge is -2.36. The number of hydrogen-bond acceptors (Lipinski definition) is 3. The normalized spacial score (nSPS) is 20.6. The van der Waals surface area contributed by atoms with Gasteiger partial charge < -0.3 is 20.4 Å². The highest BCUT2D eigenvalue weighted by atomic mass is 16.2. The second-order valence-electron chi connectivity index (χ2n) is 7.18. The molecular formula is C19H26N4O3. The van der Waals surface area contributed by atoms with Crippen molar-refractivity contribution in [2.24, 2.45) is 5.73 Å². The third kappa shape index (κ3) is 3.66. The van der Waals surface area contributed by atoms with E-state index in [-0.39, 0.29) is 18.4 Å². The number of nitrogens with zero attached hydrogens (tertiary/aromatic N) is 3. The molecule has 2 aliphatic heterocycles. The van der Waals surface area contributed by atoms with Crippen LogP contribution in [0.15, 0.2) is 18.2 Å². The van der Waals surface area contributed by atoms with E-state index in [0.29, 0.717) is 32.6 Å². The first kappa shape index (κ1) is 18.2. The SMILES string of the molecule is Cc1ccc(CN2CCN(C(=O)C3CCCN3C(N)=O)CC2=O)cc1C. The number of urea groups is 1. The molecule has 2 heterocycles. The number of carbonyl (C=O) groups is 3. The smallest absolute Gasteiger partial charge is 0.315 e. The molecule has 2 N–H and O–H groups in total. The summed E-state index contributed by atoms with van der Waals surface area (Å²) < 4.78 is 0. The number of piperazine rings is 1. The van der Waals surface area contributed by atoms with Crippen LogP contribution >= 0.6 is 0 Å². The minimum atomic E-state index is -0.569. The van der Waals surface area contributed by atoms with Crippen molar-refractivity contribution in [2.75, 3.05) is 26.2 Å². The van der Waals surface area contributed by atoms with E-state index in [9.17, 15) is 14.4 Å². The van der Waals surface area contributed by atoms with Crippen molar-refractivity contribution >= 4 is 17.8 Å². The molecule has 0 radical (unpaired) electrons. The number of likely N-dealkylation sites (tertiary alicyclic amines) is 1. The van der Waals surface area contributed by atoms with Gasteiger partial charge in [0.05, 0.1) is 6.54 Å². The number of hydrogen-bond donors (Lipinski definition) is 1. The lowest BCUT2D eigenvalue weighted by Crippen LogP contribution is -2.56. The van der Waals surface area contributed by atoms with Crippen LogP contribution in [0.1, 0.15) is 29.5 Å². The molecule has 3 rings (SSSR count). The minimum absolute atomic E-state index is 0.0623. The van der Waals surface area contributed by atoms with Crippen LogP contribution in [-0.2, 0) is 16.1 Å². The molecule has 4 amide bonds. The van der Waals surface area contributed by atoms with Crippen LogP contribution in [0.3, 0.4) is 0 Å². The first-order valence-corrected chi connectivity index (χ1v) is 9.05. The molecule has 2 fully saturated rings. The summed E-state index contributed by atoms with van der Waals surface area (Å²) in [6.07, 6.45) is 1.37. The van der Waals surface area contributed by atoms with Gasteiger partial charge >= 0.3 is 6.03 Å². The van der Waals surface area contributed by atoms with Crippen LogP contribution in [0.25, 0.3) is 0 Å². The van der Waals surface area contributed by atoms with Crippen LogP contribution in [-0.4, -0.2) is 64.8 Å². The predicted octanol–water partition coefficient (Wildman–Crippen LogP) is 1.02. The zero-order valence-corrected chi connectivity index (χ0v) is 15.4. The van der Waals surface area contributed by atoms with Gasteiger partial charge in [0.2, 0.25) is 11.8 Å². The van der Waals surface area contributed by atoms with Crippen LogP contribution in [0.4, 0.5) is 4.79 Å². The zero-order valence-electron chi connectivity index (χ0n) is 15.4. The molecule has 26 heavy (non-hydrogen) atoms. The highest BCUT2D eigenvalue weighted by Gasteiger charge is 2.38. The second kappa shape index (κ2) is 7.35. The second-order valence-corrected chi connectivity index (χ2v) is 7.18. The summed E-state index contributed by atoms with van der Waals surface area (Å²) in [6.45, 7) is 6.23. The topological polar surface area (TPSA) is 86.9 Å². The molecular weight excluding hydrogens is 332 g/mol. The molecule has 1 aromatic carbocycles. The molecule has 0 aromatic heterocycles. The maximum absolute atomic E-state index is 12.7. The number of carbonyl (C=O) groups excluding carboxylic acids is 3. The third-order valence-corrected chi connectivity index (χ3v) is 5.40. The molecule has 0 spiro atoms. The van der Waals surface area contributed by atoms with Crippen molar-refractivity contribution < 1.29 is 14.4 Å². The molecule has 1 aromatic rings. The molecule has 1 atom stereocenters. The molecule has 2 saturated heterocycles. The highest BCUT2D eigenvalue weighted by Crippen LogP contribution is 2.20. The van der Waals surface area contributed by atoms with Crippen molar-refractivity contribution in [3.63, 3.8) is 0 Å². The summed E-state index contributed by atoms with van der Waals surface area (Å²) in [5.41, 5.74) is 8.88. The largest absolute Gasteiger partial charge is 0.351 e. The van der Waals surface area contributed by atoms with Crippen molar-refractivity contribution in [1.82, 2.24) is 14.7 Å². The lowest BCUT2D eigenvalue weighted by atomic mass is 10.1. The zero-order chi connectivity index (χ0) is 18.8. The molecule has 0 bridgehead atoms. The summed E-state index contributed by atoms with van der Waals surface area (Å²) in [5, 5.41) is 0. The number of amides is 4. The van der Waals surface area contributed by atoms with Crippen molar-refractivity contribution in [3.8, 4) is 0 Å². The summed E-state index contributed by atoms with van der Waals surface area (Å²) in [7, 11) is 0. The van der Waals surface area contributed by atoms with Gasteiger partial charge in [-0.2, -0.15) is 0 Å². The summed E-state index contributed by atoms with van der Waals surface area (Å²) in [5.74, 6) is -0.230. The fraction of sp³-hybridized carbons (Fsp3) is 0.526. The number of aryl methyl sites for hydroxylation is 2. The highest BCUT2D eigenvalue weighted by molar-refractivity contribution is 5.91. The fourth-order valence-corrected chi connectivity index (χ4v) is 3.68. The van der Waals surface area contributed by atoms with Gasteiger partial charge in [-0.15, -0.1) is 0 Å². The van der Waals surface area contributed by atoms with Crippen molar-refractivity contribution in [2.45, 2.75) is 39.3 Å². The van der Waals surface area contributed by atoms with Gasteiger partial charge in [0.15, 0.2) is 0 Å². The van der Waals surface area contributed by atoms with E-state index in [1.165, 1.54) is 16.0 Å². The molecule has 0 saturated carbocycles. The van der Waals surface area contributed by atoms with Gasteiger partial charge in [-0.05, 0) is 43.4 Å². The minimum Gasteiger partial charge on any atom is -0.351 e.